The highest BCUT2D eigenvalue weighted by molar-refractivity contribution is 7.98. The van der Waals surface area contributed by atoms with Gasteiger partial charge in [-0.1, -0.05) is 18.2 Å². The molecule has 1 aromatic heterocycles. The van der Waals surface area contributed by atoms with Crippen LogP contribution in [0.5, 0.6) is 5.75 Å². The molecule has 1 heterocycles. The molecule has 0 unspecified atom stereocenters. The summed E-state index contributed by atoms with van der Waals surface area (Å²) in [7, 11) is 0. The highest BCUT2D eigenvalue weighted by Gasteiger charge is 2.07. The summed E-state index contributed by atoms with van der Waals surface area (Å²) >= 11 is 3.52. The molecule has 0 saturated heterocycles. The Balaban J connectivity index is 1.65. The van der Waals surface area contributed by atoms with E-state index in [1.54, 1.807) is 47.4 Å². The van der Waals surface area contributed by atoms with Crippen LogP contribution < -0.4 is 15.4 Å². The molecule has 2 rings (SSSR count). The van der Waals surface area contributed by atoms with Crippen molar-refractivity contribution in [1.82, 2.24) is 5.32 Å². The predicted molar refractivity (Wildman–Crippen MR) is 99.7 cm³/mol. The van der Waals surface area contributed by atoms with Crippen molar-refractivity contribution in [2.24, 2.45) is 0 Å². The number of carbonyl (C=O) groups is 2. The normalized spacial score (nSPS) is 10.2. The number of amides is 2. The van der Waals surface area contributed by atoms with Crippen LogP contribution >= 0.6 is 23.1 Å². The number of hydrogen-bond donors (Lipinski definition) is 2. The lowest BCUT2D eigenvalue weighted by Gasteiger charge is -2.11. The lowest BCUT2D eigenvalue weighted by atomic mass is 10.3. The Morgan fingerprint density at radius 3 is 2.79 bits per heavy atom. The summed E-state index contributed by atoms with van der Waals surface area (Å²) in [6.07, 6.45) is 0. The molecule has 0 aliphatic heterocycles. The first kappa shape index (κ1) is 18.4. The van der Waals surface area contributed by atoms with Gasteiger partial charge in [0.05, 0.1) is 5.69 Å². The van der Waals surface area contributed by atoms with E-state index in [0.717, 1.165) is 11.5 Å². The molecule has 0 fully saturated rings. The van der Waals surface area contributed by atoms with Crippen molar-refractivity contribution in [2.45, 2.75) is 12.7 Å². The largest absolute Gasteiger partial charge is 0.482 e. The summed E-state index contributed by atoms with van der Waals surface area (Å²) < 4.78 is 5.48. The smallest absolute Gasteiger partial charge is 0.257 e. The number of carbonyl (C=O) groups excluding carboxylic acids is 2. The van der Waals surface area contributed by atoms with Crippen LogP contribution in [0.2, 0.25) is 0 Å². The van der Waals surface area contributed by atoms with E-state index in [2.05, 4.69) is 22.1 Å². The number of para-hydroxylation sites is 2. The van der Waals surface area contributed by atoms with Crippen molar-refractivity contribution >= 4 is 40.6 Å². The fourth-order valence-corrected chi connectivity index (χ4v) is 3.61. The number of thiophene rings is 1. The fraction of sp³-hybridized carbons (Fsp3) is 0.294. The van der Waals surface area contributed by atoms with Crippen molar-refractivity contribution in [3.8, 4) is 5.75 Å². The third-order valence-corrected chi connectivity index (χ3v) is 5.02. The van der Waals surface area contributed by atoms with Crippen LogP contribution in [0, 0.1) is 0 Å². The second-order valence-corrected chi connectivity index (χ2v) is 7.09. The van der Waals surface area contributed by atoms with Gasteiger partial charge in [-0.15, -0.1) is 11.3 Å². The SMILES string of the molecule is CC(=O)Nc1ccccc1OCC(=O)NCCSCc1cccs1. The van der Waals surface area contributed by atoms with Crippen LogP contribution in [0.25, 0.3) is 0 Å². The molecule has 5 nitrogen and oxygen atoms in total. The zero-order chi connectivity index (χ0) is 17.2. The van der Waals surface area contributed by atoms with Crippen LogP contribution in [0.15, 0.2) is 41.8 Å². The molecule has 0 bridgehead atoms. The van der Waals surface area contributed by atoms with E-state index in [0.29, 0.717) is 18.0 Å². The van der Waals surface area contributed by atoms with Crippen LogP contribution in [0.4, 0.5) is 5.69 Å². The Kier molecular flexibility index (Phi) is 7.64. The third kappa shape index (κ3) is 6.64. The van der Waals surface area contributed by atoms with Crippen molar-refractivity contribution < 1.29 is 14.3 Å². The molecule has 24 heavy (non-hydrogen) atoms. The molecule has 7 heteroatoms. The summed E-state index contributed by atoms with van der Waals surface area (Å²) in [5.41, 5.74) is 0.560. The van der Waals surface area contributed by atoms with Gasteiger partial charge in [0.15, 0.2) is 6.61 Å². The molecule has 0 saturated carbocycles. The van der Waals surface area contributed by atoms with Crippen molar-refractivity contribution in [3.63, 3.8) is 0 Å². The number of benzene rings is 1. The van der Waals surface area contributed by atoms with Gasteiger partial charge in [0.1, 0.15) is 5.75 Å². The monoisotopic (exact) mass is 364 g/mol. The standard InChI is InChI=1S/C17H20N2O3S2/c1-13(20)19-15-6-2-3-7-16(15)22-11-17(21)18-8-10-23-12-14-5-4-9-24-14/h2-7,9H,8,10-12H2,1H3,(H,18,21)(H,19,20). The molecule has 0 atom stereocenters. The number of hydrogen-bond acceptors (Lipinski definition) is 5. The van der Waals surface area contributed by atoms with E-state index < -0.39 is 0 Å². The number of nitrogens with one attached hydrogen (secondary N) is 2. The highest BCUT2D eigenvalue weighted by Crippen LogP contribution is 2.23. The van der Waals surface area contributed by atoms with Gasteiger partial charge in [-0.3, -0.25) is 9.59 Å². The molecule has 1 aromatic carbocycles. The summed E-state index contributed by atoms with van der Waals surface area (Å²) in [5, 5.41) is 7.56. The number of ether oxygens (including phenoxy) is 1. The lowest BCUT2D eigenvalue weighted by Crippen LogP contribution is -2.30. The van der Waals surface area contributed by atoms with Crippen molar-refractivity contribution in [2.75, 3.05) is 24.2 Å². The summed E-state index contributed by atoms with van der Waals surface area (Å²) in [6, 6.07) is 11.2. The maximum atomic E-state index is 11.8. The van der Waals surface area contributed by atoms with Crippen molar-refractivity contribution in [3.05, 3.63) is 46.7 Å². The van der Waals surface area contributed by atoms with Crippen LogP contribution in [0.1, 0.15) is 11.8 Å². The Morgan fingerprint density at radius 2 is 2.04 bits per heavy atom. The van der Waals surface area contributed by atoms with Gasteiger partial charge in [-0.05, 0) is 23.6 Å². The maximum absolute atomic E-state index is 11.8. The maximum Gasteiger partial charge on any atom is 0.257 e. The van der Waals surface area contributed by atoms with E-state index in [-0.39, 0.29) is 18.4 Å². The average molecular weight is 364 g/mol. The molecule has 128 valence electrons. The predicted octanol–water partition coefficient (Wildman–Crippen LogP) is 3.13. The van der Waals surface area contributed by atoms with E-state index in [1.807, 2.05) is 6.07 Å². The summed E-state index contributed by atoms with van der Waals surface area (Å²) in [4.78, 5) is 24.3. The van der Waals surface area contributed by atoms with E-state index in [1.165, 1.54) is 11.8 Å². The Hall–Kier alpha value is -1.99. The first-order chi connectivity index (χ1) is 11.6. The van der Waals surface area contributed by atoms with E-state index in [4.69, 9.17) is 4.74 Å². The first-order valence-corrected chi connectivity index (χ1v) is 9.55. The Labute approximate surface area is 149 Å². The van der Waals surface area contributed by atoms with E-state index >= 15 is 0 Å². The van der Waals surface area contributed by atoms with Gasteiger partial charge in [-0.25, -0.2) is 0 Å². The minimum atomic E-state index is -0.182. The average Bonchev–Trinajstić information content (AvgIpc) is 3.06. The molecular weight excluding hydrogens is 344 g/mol. The van der Waals surface area contributed by atoms with Gasteiger partial charge >= 0.3 is 0 Å². The van der Waals surface area contributed by atoms with Gasteiger partial charge in [0, 0.05) is 29.9 Å². The molecule has 0 aliphatic carbocycles. The Bertz CT molecular complexity index is 660. The van der Waals surface area contributed by atoms with E-state index in [9.17, 15) is 9.59 Å². The molecule has 0 radical (unpaired) electrons. The molecule has 2 aromatic rings. The minimum Gasteiger partial charge on any atom is -0.482 e. The topological polar surface area (TPSA) is 67.4 Å². The second-order valence-electron chi connectivity index (χ2n) is 4.95. The highest BCUT2D eigenvalue weighted by atomic mass is 32.2. The molecular formula is C17H20N2O3S2. The first-order valence-electron chi connectivity index (χ1n) is 7.51. The van der Waals surface area contributed by atoms with Crippen LogP contribution in [-0.4, -0.2) is 30.7 Å². The minimum absolute atomic E-state index is 0.0772. The Morgan fingerprint density at radius 1 is 1.21 bits per heavy atom. The van der Waals surface area contributed by atoms with Gasteiger partial charge in [0.2, 0.25) is 5.91 Å². The zero-order valence-electron chi connectivity index (χ0n) is 13.4. The molecule has 2 amide bonds. The summed E-state index contributed by atoms with van der Waals surface area (Å²) in [6.45, 7) is 1.95. The second kappa shape index (κ2) is 10.00. The number of anilines is 1. The van der Waals surface area contributed by atoms with Crippen LogP contribution in [-0.2, 0) is 15.3 Å². The fourth-order valence-electron chi connectivity index (χ4n) is 1.91. The molecule has 0 aliphatic rings. The quantitative estimate of drug-likeness (QED) is 0.671. The van der Waals surface area contributed by atoms with Gasteiger partial charge in [0.25, 0.3) is 5.91 Å². The van der Waals surface area contributed by atoms with Crippen LogP contribution in [0.3, 0.4) is 0 Å². The number of thioether (sulfide) groups is 1. The summed E-state index contributed by atoms with van der Waals surface area (Å²) in [5.74, 6) is 1.94. The lowest BCUT2D eigenvalue weighted by molar-refractivity contribution is -0.122. The number of rotatable bonds is 9. The van der Waals surface area contributed by atoms with Gasteiger partial charge < -0.3 is 15.4 Å². The third-order valence-electron chi connectivity index (χ3n) is 2.95. The van der Waals surface area contributed by atoms with Crippen molar-refractivity contribution in [1.29, 1.82) is 0 Å². The molecule has 2 N–H and O–H groups in total. The molecule has 0 spiro atoms. The zero-order valence-corrected chi connectivity index (χ0v) is 15.0. The van der Waals surface area contributed by atoms with Gasteiger partial charge in [-0.2, -0.15) is 11.8 Å².